The number of carbonyl (C=O) groups is 3. The molecular weight excluding hydrogens is 1220 g/mol. The number of carbonyl (C=O) groups excluding carboxylic acids is 2. The summed E-state index contributed by atoms with van der Waals surface area (Å²) in [6, 6.07) is 18.7. The van der Waals surface area contributed by atoms with Gasteiger partial charge in [0.25, 0.3) is 5.91 Å². The second-order valence-corrected chi connectivity index (χ2v) is 21.0. The number of aryl methyl sites for hydroxylation is 4. The van der Waals surface area contributed by atoms with E-state index in [2.05, 4.69) is 65.2 Å². The molecule has 0 aliphatic carbocycles. The van der Waals surface area contributed by atoms with Gasteiger partial charge in [-0.15, -0.1) is 12.4 Å². The minimum Gasteiger partial charge on any atom is -0.478 e. The lowest BCUT2D eigenvalue weighted by Crippen LogP contribution is -2.24. The van der Waals surface area contributed by atoms with Crippen molar-refractivity contribution in [1.29, 1.82) is 0 Å². The first kappa shape index (κ1) is 68.8. The lowest BCUT2D eigenvalue weighted by Gasteiger charge is -2.12. The molecule has 11 aromatic heterocycles. The molecule has 89 heavy (non-hydrogen) atoms. The van der Waals surface area contributed by atoms with E-state index in [0.29, 0.717) is 105 Å². The predicted octanol–water partition coefficient (Wildman–Crippen LogP) is 10.2. The number of esters is 1. The maximum Gasteiger partial charge on any atom is 0.337 e. The highest BCUT2D eigenvalue weighted by molar-refractivity contribution is 6.31. The number of amides is 1. The molecule has 464 valence electrons. The fourth-order valence-electron chi connectivity index (χ4n) is 8.90. The quantitative estimate of drug-likeness (QED) is 0.0710. The first-order chi connectivity index (χ1) is 41.8. The van der Waals surface area contributed by atoms with E-state index >= 15 is 0 Å². The Labute approximate surface area is 533 Å². The van der Waals surface area contributed by atoms with Crippen LogP contribution in [0, 0.1) is 27.7 Å². The number of nitrogen functional groups attached to an aromatic ring is 2. The van der Waals surface area contributed by atoms with Crippen LogP contribution < -0.4 is 22.5 Å². The van der Waals surface area contributed by atoms with Gasteiger partial charge < -0.3 is 37.1 Å². The Morgan fingerprint density at radius 3 is 1.37 bits per heavy atom. The zero-order valence-corrected chi connectivity index (χ0v) is 51.5. The van der Waals surface area contributed by atoms with Crippen molar-refractivity contribution in [2.75, 3.05) is 31.8 Å². The SMILES string of the molecule is C.C1CCOC1.COC(=O)c1ccnc(Cn2cc3cc(Cl)cnc3n2)c1.Cc1cc(N)nc(C)c1CN.Cc1cc(N)nc(C)c1CNC(=O)c1ccnc(Cn2cc3cc(Cl)cnc3n2)c1.Cl.O=C(O)c1ccnc(Cn2cc3cc(Cl)cnc3n2)c1. The molecule has 1 aliphatic heterocycles. The van der Waals surface area contributed by atoms with Crippen molar-refractivity contribution in [3.8, 4) is 0 Å². The third kappa shape index (κ3) is 19.6. The second-order valence-electron chi connectivity index (χ2n) is 19.6. The molecule has 12 rings (SSSR count). The number of ether oxygens (including phenoxy) is 2. The highest BCUT2D eigenvalue weighted by atomic mass is 35.5. The van der Waals surface area contributed by atoms with Crippen molar-refractivity contribution in [2.24, 2.45) is 5.73 Å². The molecule has 28 heteroatoms. The Balaban J connectivity index is 0.000000190. The number of nitrogens with two attached hydrogens (primary N) is 3. The van der Waals surface area contributed by atoms with E-state index in [1.54, 1.807) is 93.6 Å². The van der Waals surface area contributed by atoms with Crippen molar-refractivity contribution in [3.05, 3.63) is 205 Å². The van der Waals surface area contributed by atoms with Gasteiger partial charge in [-0.2, -0.15) is 15.3 Å². The van der Waals surface area contributed by atoms with Crippen molar-refractivity contribution in [1.82, 2.24) is 74.5 Å². The van der Waals surface area contributed by atoms with Gasteiger partial charge in [0.15, 0.2) is 16.9 Å². The van der Waals surface area contributed by atoms with Gasteiger partial charge in [0.2, 0.25) is 0 Å². The van der Waals surface area contributed by atoms with Crippen LogP contribution in [0.4, 0.5) is 11.6 Å². The molecule has 11 aromatic rings. The van der Waals surface area contributed by atoms with E-state index < -0.39 is 11.9 Å². The topological polar surface area (TPSA) is 337 Å². The summed E-state index contributed by atoms with van der Waals surface area (Å²) in [6.45, 7) is 11.9. The van der Waals surface area contributed by atoms with Crippen molar-refractivity contribution >= 4 is 110 Å². The molecule has 0 atom stereocenters. The van der Waals surface area contributed by atoms with Gasteiger partial charge in [-0.1, -0.05) is 42.2 Å². The zero-order valence-electron chi connectivity index (χ0n) is 48.4. The average molecular weight is 1290 g/mol. The van der Waals surface area contributed by atoms with E-state index in [9.17, 15) is 14.4 Å². The van der Waals surface area contributed by atoms with Crippen LogP contribution in [0.15, 0.2) is 123 Å². The van der Waals surface area contributed by atoms with E-state index in [1.807, 2.05) is 46.2 Å². The highest BCUT2D eigenvalue weighted by Crippen LogP contribution is 2.20. The number of carboxylic acid groups (broad SMARTS) is 1. The van der Waals surface area contributed by atoms with Gasteiger partial charge in [0.05, 0.1) is 70.0 Å². The lowest BCUT2D eigenvalue weighted by atomic mass is 10.1. The Hall–Kier alpha value is -9.30. The predicted molar refractivity (Wildman–Crippen MR) is 345 cm³/mol. The molecule has 0 aromatic carbocycles. The van der Waals surface area contributed by atoms with Crippen LogP contribution in [0.3, 0.4) is 0 Å². The van der Waals surface area contributed by atoms with Gasteiger partial charge in [0.1, 0.15) is 11.6 Å². The largest absolute Gasteiger partial charge is 0.478 e. The zero-order chi connectivity index (χ0) is 62.1. The van der Waals surface area contributed by atoms with Crippen LogP contribution in [0.2, 0.25) is 15.1 Å². The molecule has 1 fully saturated rings. The summed E-state index contributed by atoms with van der Waals surface area (Å²) in [7, 11) is 1.35. The van der Waals surface area contributed by atoms with E-state index in [-0.39, 0.29) is 31.3 Å². The monoisotopic (exact) mass is 1290 g/mol. The number of rotatable bonds is 12. The lowest BCUT2D eigenvalue weighted by molar-refractivity contribution is 0.0599. The van der Waals surface area contributed by atoms with Crippen LogP contribution in [0.5, 0.6) is 0 Å². The summed E-state index contributed by atoms with van der Waals surface area (Å²) in [5.74, 6) is -0.515. The van der Waals surface area contributed by atoms with Gasteiger partial charge in [-0.05, 0) is 130 Å². The van der Waals surface area contributed by atoms with Crippen LogP contribution in [-0.2, 0) is 42.2 Å². The van der Waals surface area contributed by atoms with Gasteiger partial charge in [0, 0.05) is 115 Å². The number of hydrogen-bond acceptors (Lipinski definition) is 19. The molecular formula is C61H66Cl4N18O6. The molecule has 1 saturated heterocycles. The number of halogens is 4. The van der Waals surface area contributed by atoms with E-state index in [0.717, 1.165) is 63.0 Å². The number of nitrogens with one attached hydrogen (secondary N) is 1. The number of carboxylic acids is 1. The second kappa shape index (κ2) is 32.6. The summed E-state index contributed by atoms with van der Waals surface area (Å²) >= 11 is 17.7. The molecule has 8 N–H and O–H groups in total. The minimum atomic E-state index is -0.979. The molecule has 0 radical (unpaired) electrons. The summed E-state index contributed by atoms with van der Waals surface area (Å²) in [5, 5.41) is 29.1. The van der Waals surface area contributed by atoms with Crippen LogP contribution >= 0.6 is 47.2 Å². The summed E-state index contributed by atoms with van der Waals surface area (Å²) < 4.78 is 14.7. The first-order valence-corrected chi connectivity index (χ1v) is 28.1. The fraction of sp³-hybridized carbons (Fsp3) is 0.246. The molecule has 24 nitrogen and oxygen atoms in total. The standard InChI is InChI=1S/C21H20ClN7O.C14H11ClN4O2.C13H9ClN4O2.C8H13N3.C4H8O.CH4.ClH/c1-12-5-19(23)27-13(2)18(12)9-26-21(30)14-3-4-24-17(7-14)11-29-10-15-6-16(22)8-25-20(15)28-29;1-21-14(20)9-2-3-16-12(5-9)8-19-7-10-4-11(15)6-17-13(10)18-19;14-10-3-9-6-18(17-12(9)16-5-10)7-11-4-8(13(19)20)1-2-15-11;1-5-3-8(10)11-6(2)7(5)4-9;1-2-4-5-3-1;;/h3-8,10H,9,11H2,1-2H3,(H2,23,27)(H,26,30);2-7H,8H2,1H3;1-6H,7H2,(H,19,20);3H,4,9H2,1-2H3,(H2,10,11);1-4H2;1H4;1H. The number of anilines is 2. The number of methoxy groups -OCH3 is 1. The third-order valence-corrected chi connectivity index (χ3v) is 13.7. The fourth-order valence-corrected chi connectivity index (χ4v) is 9.40. The van der Waals surface area contributed by atoms with Crippen LogP contribution in [-0.4, -0.2) is 112 Å². The van der Waals surface area contributed by atoms with Gasteiger partial charge in [-0.3, -0.25) is 33.8 Å². The average Bonchev–Trinajstić information content (AvgIpc) is 3.68. The maximum atomic E-state index is 12.7. The molecule has 0 bridgehead atoms. The summed E-state index contributed by atoms with van der Waals surface area (Å²) in [6.07, 6.45) is 17.3. The number of nitrogens with zero attached hydrogens (tertiary/aromatic N) is 14. The van der Waals surface area contributed by atoms with E-state index in [1.165, 1.54) is 44.5 Å². The van der Waals surface area contributed by atoms with E-state index in [4.69, 9.17) is 61.8 Å². The van der Waals surface area contributed by atoms with Crippen LogP contribution in [0.1, 0.15) is 102 Å². The van der Waals surface area contributed by atoms with Gasteiger partial charge >= 0.3 is 11.9 Å². The summed E-state index contributed by atoms with van der Waals surface area (Å²) in [4.78, 5) is 68.6. The highest BCUT2D eigenvalue weighted by Gasteiger charge is 2.14. The molecule has 0 spiro atoms. The number of pyridine rings is 8. The summed E-state index contributed by atoms with van der Waals surface area (Å²) in [5.41, 5.74) is 27.8. The molecule has 0 unspecified atom stereocenters. The Morgan fingerprint density at radius 1 is 0.596 bits per heavy atom. The smallest absolute Gasteiger partial charge is 0.337 e. The van der Waals surface area contributed by atoms with Crippen molar-refractivity contribution in [3.63, 3.8) is 0 Å². The number of hydrogen-bond donors (Lipinski definition) is 5. The normalized spacial score (nSPS) is 11.3. The van der Waals surface area contributed by atoms with Gasteiger partial charge in [-0.25, -0.2) is 34.5 Å². The molecule has 1 aliphatic rings. The Kier molecular flexibility index (Phi) is 25.2. The third-order valence-electron chi connectivity index (χ3n) is 13.1. The maximum absolute atomic E-state index is 12.7. The Bertz CT molecular complexity index is 4180. The number of fused-ring (bicyclic) bond motifs is 3. The number of aromatic nitrogens is 14. The first-order valence-electron chi connectivity index (χ1n) is 26.9. The van der Waals surface area contributed by atoms with Crippen molar-refractivity contribution in [2.45, 2.75) is 80.7 Å². The molecule has 0 saturated carbocycles. The molecule has 1 amide bonds. The molecule has 12 heterocycles. The van der Waals surface area contributed by atoms with Crippen LogP contribution in [0.25, 0.3) is 33.1 Å². The number of aromatic carboxylic acids is 1. The minimum absolute atomic E-state index is 0. The van der Waals surface area contributed by atoms with Crippen molar-refractivity contribution < 1.29 is 29.0 Å². The Morgan fingerprint density at radius 2 is 0.989 bits per heavy atom.